The largest absolute Gasteiger partial charge is 0.508 e. The Kier molecular flexibility index (Phi) is 12.0. The molecular weight excluding hydrogens is 412 g/mol. The molecule has 0 aromatic heterocycles. The van der Waals surface area contributed by atoms with E-state index in [4.69, 9.17) is 9.47 Å². The third kappa shape index (κ3) is 9.19. The van der Waals surface area contributed by atoms with Gasteiger partial charge in [-0.1, -0.05) is 78.4 Å². The SMILES string of the molecule is CCCCC(CC)COc1ccc(Cc2ccc(OCC(CC)CCCC)cc2O)c(O)c1. The molecule has 0 fully saturated rings. The Hall–Kier alpha value is -2.36. The first-order valence-electron chi connectivity index (χ1n) is 12.9. The first-order chi connectivity index (χ1) is 16.0. The van der Waals surface area contributed by atoms with E-state index in [0.717, 1.165) is 24.0 Å². The van der Waals surface area contributed by atoms with Crippen molar-refractivity contribution in [1.82, 2.24) is 0 Å². The van der Waals surface area contributed by atoms with Crippen molar-refractivity contribution in [3.05, 3.63) is 47.5 Å². The van der Waals surface area contributed by atoms with Gasteiger partial charge in [0.15, 0.2) is 0 Å². The average molecular weight is 457 g/mol. The molecule has 0 aliphatic carbocycles. The van der Waals surface area contributed by atoms with Gasteiger partial charge < -0.3 is 19.7 Å². The number of aromatic hydroxyl groups is 2. The average Bonchev–Trinajstić information content (AvgIpc) is 2.82. The fraction of sp³-hybridized carbons (Fsp3) is 0.586. The van der Waals surface area contributed by atoms with E-state index in [-0.39, 0.29) is 11.5 Å². The summed E-state index contributed by atoms with van der Waals surface area (Å²) in [7, 11) is 0. The van der Waals surface area contributed by atoms with Crippen molar-refractivity contribution in [2.24, 2.45) is 11.8 Å². The van der Waals surface area contributed by atoms with E-state index in [9.17, 15) is 10.2 Å². The van der Waals surface area contributed by atoms with Crippen molar-refractivity contribution in [3.63, 3.8) is 0 Å². The molecule has 4 nitrogen and oxygen atoms in total. The maximum atomic E-state index is 10.5. The summed E-state index contributed by atoms with van der Waals surface area (Å²) in [6.07, 6.45) is 9.83. The summed E-state index contributed by atoms with van der Waals surface area (Å²) in [5.74, 6) is 2.85. The van der Waals surface area contributed by atoms with E-state index < -0.39 is 0 Å². The van der Waals surface area contributed by atoms with E-state index in [2.05, 4.69) is 27.7 Å². The van der Waals surface area contributed by atoms with Crippen LogP contribution in [0.25, 0.3) is 0 Å². The van der Waals surface area contributed by atoms with Crippen molar-refractivity contribution in [2.75, 3.05) is 13.2 Å². The van der Waals surface area contributed by atoms with Crippen LogP contribution in [-0.4, -0.2) is 23.4 Å². The summed E-state index contributed by atoms with van der Waals surface area (Å²) in [6, 6.07) is 10.9. The molecule has 2 rings (SSSR count). The standard InChI is InChI=1S/C29H44O4/c1-5-9-11-22(7-3)20-32-26-15-13-24(28(30)18-26)17-25-14-16-27(19-29(25)31)33-21-23(8-4)12-10-6-2/h13-16,18-19,22-23,30-31H,5-12,17,20-21H2,1-4H3. The third-order valence-electron chi connectivity index (χ3n) is 6.55. The summed E-state index contributed by atoms with van der Waals surface area (Å²) in [4.78, 5) is 0. The highest BCUT2D eigenvalue weighted by Gasteiger charge is 2.12. The van der Waals surface area contributed by atoms with E-state index >= 15 is 0 Å². The molecule has 33 heavy (non-hydrogen) atoms. The molecule has 0 spiro atoms. The van der Waals surface area contributed by atoms with Gasteiger partial charge in [-0.3, -0.25) is 0 Å². The minimum atomic E-state index is 0.190. The highest BCUT2D eigenvalue weighted by atomic mass is 16.5. The van der Waals surface area contributed by atoms with E-state index in [1.165, 1.54) is 38.5 Å². The lowest BCUT2D eigenvalue weighted by Crippen LogP contribution is -2.11. The molecule has 0 saturated carbocycles. The Balaban J connectivity index is 1.94. The fourth-order valence-electron chi connectivity index (χ4n) is 4.00. The molecule has 0 heterocycles. The van der Waals surface area contributed by atoms with Crippen molar-refractivity contribution in [2.45, 2.75) is 85.5 Å². The van der Waals surface area contributed by atoms with Gasteiger partial charge in [-0.25, -0.2) is 0 Å². The second-order valence-corrected chi connectivity index (χ2v) is 9.21. The van der Waals surface area contributed by atoms with Crippen LogP contribution in [0.1, 0.15) is 90.2 Å². The maximum absolute atomic E-state index is 10.5. The Morgan fingerprint density at radius 2 is 1.09 bits per heavy atom. The molecule has 0 aliphatic rings. The number of phenolic OH excluding ortho intramolecular Hbond substituents is 2. The van der Waals surface area contributed by atoms with Gasteiger partial charge in [-0.15, -0.1) is 0 Å². The maximum Gasteiger partial charge on any atom is 0.123 e. The molecule has 184 valence electrons. The minimum Gasteiger partial charge on any atom is -0.508 e. The third-order valence-corrected chi connectivity index (χ3v) is 6.55. The van der Waals surface area contributed by atoms with E-state index in [1.54, 1.807) is 12.1 Å². The predicted molar refractivity (Wildman–Crippen MR) is 137 cm³/mol. The lowest BCUT2D eigenvalue weighted by atomic mass is 10.0. The Morgan fingerprint density at radius 3 is 1.42 bits per heavy atom. The minimum absolute atomic E-state index is 0.190. The van der Waals surface area contributed by atoms with Crippen LogP contribution in [-0.2, 0) is 6.42 Å². The highest BCUT2D eigenvalue weighted by Crippen LogP contribution is 2.31. The molecule has 0 amide bonds. The van der Waals surface area contributed by atoms with E-state index in [0.29, 0.717) is 43.0 Å². The molecule has 2 unspecified atom stereocenters. The number of rotatable bonds is 16. The first-order valence-corrected chi connectivity index (χ1v) is 12.9. The number of phenols is 2. The van der Waals surface area contributed by atoms with Gasteiger partial charge in [0.25, 0.3) is 0 Å². The zero-order valence-corrected chi connectivity index (χ0v) is 21.1. The van der Waals surface area contributed by atoms with Crippen LogP contribution in [0.4, 0.5) is 0 Å². The number of benzene rings is 2. The Bertz CT molecular complexity index is 750. The van der Waals surface area contributed by atoms with E-state index in [1.807, 2.05) is 24.3 Å². The van der Waals surface area contributed by atoms with Crippen molar-refractivity contribution >= 4 is 0 Å². The van der Waals surface area contributed by atoms with Gasteiger partial charge in [0.1, 0.15) is 23.0 Å². The zero-order valence-electron chi connectivity index (χ0n) is 21.1. The molecule has 0 radical (unpaired) electrons. The van der Waals surface area contributed by atoms with Crippen LogP contribution in [0, 0.1) is 11.8 Å². The van der Waals surface area contributed by atoms with Crippen LogP contribution >= 0.6 is 0 Å². The fourth-order valence-corrected chi connectivity index (χ4v) is 4.00. The van der Waals surface area contributed by atoms with Crippen molar-refractivity contribution < 1.29 is 19.7 Å². The molecule has 0 aliphatic heterocycles. The Labute approximate surface area is 201 Å². The number of hydrogen-bond acceptors (Lipinski definition) is 4. The highest BCUT2D eigenvalue weighted by molar-refractivity contribution is 5.46. The van der Waals surface area contributed by atoms with Crippen molar-refractivity contribution in [1.29, 1.82) is 0 Å². The number of hydrogen-bond donors (Lipinski definition) is 2. The van der Waals surface area contributed by atoms with Gasteiger partial charge >= 0.3 is 0 Å². The van der Waals surface area contributed by atoms with Crippen molar-refractivity contribution in [3.8, 4) is 23.0 Å². The second-order valence-electron chi connectivity index (χ2n) is 9.21. The van der Waals surface area contributed by atoms with Crippen LogP contribution in [0.5, 0.6) is 23.0 Å². The number of unbranched alkanes of at least 4 members (excludes halogenated alkanes) is 2. The smallest absolute Gasteiger partial charge is 0.123 e. The summed E-state index contributed by atoms with van der Waals surface area (Å²) >= 11 is 0. The lowest BCUT2D eigenvalue weighted by molar-refractivity contribution is 0.232. The molecule has 2 aromatic rings. The molecule has 2 aromatic carbocycles. The summed E-state index contributed by atoms with van der Waals surface area (Å²) in [5.41, 5.74) is 1.52. The molecule has 4 heteroatoms. The zero-order chi connectivity index (χ0) is 24.1. The lowest BCUT2D eigenvalue weighted by Gasteiger charge is -2.17. The molecule has 2 N–H and O–H groups in total. The predicted octanol–water partition coefficient (Wildman–Crippen LogP) is 7.88. The number of ether oxygens (including phenoxy) is 2. The summed E-state index contributed by atoms with van der Waals surface area (Å²) in [6.45, 7) is 10.2. The molecule has 2 atom stereocenters. The molecular formula is C29H44O4. The van der Waals surface area contributed by atoms with Gasteiger partial charge in [0.2, 0.25) is 0 Å². The van der Waals surface area contributed by atoms with Crippen LogP contribution in [0.2, 0.25) is 0 Å². The van der Waals surface area contributed by atoms with Gasteiger partial charge in [0, 0.05) is 18.6 Å². The molecule has 0 bridgehead atoms. The normalized spacial score (nSPS) is 13.0. The summed E-state index contributed by atoms with van der Waals surface area (Å²) in [5, 5.41) is 21.0. The van der Waals surface area contributed by atoms with Gasteiger partial charge in [-0.2, -0.15) is 0 Å². The van der Waals surface area contributed by atoms with Crippen LogP contribution in [0.15, 0.2) is 36.4 Å². The van der Waals surface area contributed by atoms with Crippen LogP contribution in [0.3, 0.4) is 0 Å². The monoisotopic (exact) mass is 456 g/mol. The first kappa shape index (κ1) is 26.9. The van der Waals surface area contributed by atoms with Gasteiger partial charge in [-0.05, 0) is 47.9 Å². The molecule has 0 saturated heterocycles. The quantitative estimate of drug-likeness (QED) is 0.270. The summed E-state index contributed by atoms with van der Waals surface area (Å²) < 4.78 is 11.9. The topological polar surface area (TPSA) is 58.9 Å². The van der Waals surface area contributed by atoms with Crippen LogP contribution < -0.4 is 9.47 Å². The van der Waals surface area contributed by atoms with Gasteiger partial charge in [0.05, 0.1) is 13.2 Å². The second kappa shape index (κ2) is 14.7. The Morgan fingerprint density at radius 1 is 0.667 bits per heavy atom.